The molecule has 3 N–H and O–H groups in total. The lowest BCUT2D eigenvalue weighted by Gasteiger charge is -2.29. The standard InChI is InChI=1S/C26H29N7O2S/c1-26(8-12-32(16-26)15-23(34)33-11-7-21-22(14-33)36-17-29-21)25(35)30-20-4-2-3-19(13-20)24(31-27)18-5-9-28-10-6-18/h2-6,9-10,13,17H,7-8,11-12,14-16,27H2,1H3,(H,30,35)/b31-24-. The van der Waals surface area contributed by atoms with Gasteiger partial charge >= 0.3 is 0 Å². The van der Waals surface area contributed by atoms with Gasteiger partial charge < -0.3 is 16.1 Å². The zero-order valence-electron chi connectivity index (χ0n) is 20.2. The molecule has 186 valence electrons. The average molecular weight is 504 g/mol. The summed E-state index contributed by atoms with van der Waals surface area (Å²) in [6, 6.07) is 11.2. The fourth-order valence-electron chi connectivity index (χ4n) is 4.85. The van der Waals surface area contributed by atoms with Gasteiger partial charge in [0.25, 0.3) is 0 Å². The van der Waals surface area contributed by atoms with Gasteiger partial charge in [0.1, 0.15) is 0 Å². The maximum Gasteiger partial charge on any atom is 0.237 e. The molecule has 1 saturated heterocycles. The van der Waals surface area contributed by atoms with Crippen LogP contribution in [0.1, 0.15) is 35.0 Å². The van der Waals surface area contributed by atoms with Crippen LogP contribution in [-0.4, -0.2) is 63.5 Å². The van der Waals surface area contributed by atoms with Crippen molar-refractivity contribution in [2.75, 3.05) is 31.5 Å². The smallest absolute Gasteiger partial charge is 0.237 e. The van der Waals surface area contributed by atoms with Gasteiger partial charge in [-0.1, -0.05) is 12.1 Å². The van der Waals surface area contributed by atoms with Gasteiger partial charge in [-0.3, -0.25) is 19.5 Å². The first-order chi connectivity index (χ1) is 17.4. The van der Waals surface area contributed by atoms with Crippen LogP contribution in [0.5, 0.6) is 0 Å². The monoisotopic (exact) mass is 503 g/mol. The number of aromatic nitrogens is 2. The molecule has 5 rings (SSSR count). The number of pyridine rings is 1. The number of nitrogens with zero attached hydrogens (tertiary/aromatic N) is 5. The second-order valence-corrected chi connectivity index (χ2v) is 10.5. The highest BCUT2D eigenvalue weighted by Gasteiger charge is 2.41. The molecule has 9 nitrogen and oxygen atoms in total. The molecular weight excluding hydrogens is 474 g/mol. The summed E-state index contributed by atoms with van der Waals surface area (Å²) in [5, 5.41) is 7.02. The van der Waals surface area contributed by atoms with Crippen LogP contribution in [-0.2, 0) is 22.6 Å². The first-order valence-corrected chi connectivity index (χ1v) is 12.8. The number of anilines is 1. The Morgan fingerprint density at radius 1 is 1.19 bits per heavy atom. The number of nitrogens with two attached hydrogens (primary N) is 1. The van der Waals surface area contributed by atoms with Crippen molar-refractivity contribution < 1.29 is 9.59 Å². The molecule has 10 heteroatoms. The highest BCUT2D eigenvalue weighted by atomic mass is 32.1. The largest absolute Gasteiger partial charge is 0.336 e. The van der Waals surface area contributed by atoms with Gasteiger partial charge in [-0.25, -0.2) is 4.98 Å². The highest BCUT2D eigenvalue weighted by molar-refractivity contribution is 7.09. The third kappa shape index (κ3) is 5.00. The van der Waals surface area contributed by atoms with E-state index in [0.717, 1.165) is 23.2 Å². The predicted molar refractivity (Wildman–Crippen MR) is 140 cm³/mol. The molecule has 3 aromatic rings. The number of hydrogen-bond donors (Lipinski definition) is 2. The minimum atomic E-state index is -0.584. The van der Waals surface area contributed by atoms with Crippen LogP contribution in [0.25, 0.3) is 0 Å². The van der Waals surface area contributed by atoms with Crippen LogP contribution in [0, 0.1) is 5.41 Å². The third-order valence-electron chi connectivity index (χ3n) is 6.97. The van der Waals surface area contributed by atoms with E-state index < -0.39 is 5.41 Å². The van der Waals surface area contributed by atoms with Crippen molar-refractivity contribution in [3.05, 3.63) is 76.0 Å². The summed E-state index contributed by atoms with van der Waals surface area (Å²) >= 11 is 1.61. The first-order valence-electron chi connectivity index (χ1n) is 12.0. The average Bonchev–Trinajstić information content (AvgIpc) is 3.52. The van der Waals surface area contributed by atoms with E-state index in [2.05, 4.69) is 25.3 Å². The molecule has 0 spiro atoms. The Morgan fingerprint density at radius 2 is 2.03 bits per heavy atom. The zero-order chi connectivity index (χ0) is 25.1. The number of carbonyl (C=O) groups excluding carboxylic acids is 2. The molecule has 2 amide bonds. The molecule has 0 radical (unpaired) electrons. The molecule has 2 aromatic heterocycles. The summed E-state index contributed by atoms with van der Waals surface area (Å²) in [6.07, 6.45) is 4.87. The summed E-state index contributed by atoms with van der Waals surface area (Å²) in [5.41, 5.74) is 5.32. The van der Waals surface area contributed by atoms with Crippen LogP contribution in [0.15, 0.2) is 59.4 Å². The summed E-state index contributed by atoms with van der Waals surface area (Å²) in [7, 11) is 0. The highest BCUT2D eigenvalue weighted by Crippen LogP contribution is 2.32. The maximum absolute atomic E-state index is 13.3. The molecule has 0 bridgehead atoms. The van der Waals surface area contributed by atoms with E-state index in [1.807, 2.05) is 53.7 Å². The lowest BCUT2D eigenvalue weighted by atomic mass is 9.88. The van der Waals surface area contributed by atoms with Crippen molar-refractivity contribution in [1.82, 2.24) is 19.8 Å². The van der Waals surface area contributed by atoms with E-state index in [1.54, 1.807) is 23.7 Å². The quantitative estimate of drug-likeness (QED) is 0.303. The van der Waals surface area contributed by atoms with Gasteiger partial charge in [0.2, 0.25) is 11.8 Å². The van der Waals surface area contributed by atoms with Crippen LogP contribution in [0.3, 0.4) is 0 Å². The van der Waals surface area contributed by atoms with E-state index in [-0.39, 0.29) is 11.8 Å². The van der Waals surface area contributed by atoms with E-state index in [4.69, 9.17) is 5.84 Å². The van der Waals surface area contributed by atoms with E-state index in [0.29, 0.717) is 50.5 Å². The number of likely N-dealkylation sites (tertiary alicyclic amines) is 1. The molecule has 4 heterocycles. The minimum absolute atomic E-state index is 0.0583. The summed E-state index contributed by atoms with van der Waals surface area (Å²) < 4.78 is 0. The Hall–Kier alpha value is -3.63. The lowest BCUT2D eigenvalue weighted by Crippen LogP contribution is -2.43. The number of carbonyl (C=O) groups is 2. The van der Waals surface area contributed by atoms with Crippen LogP contribution < -0.4 is 11.2 Å². The molecule has 1 fully saturated rings. The number of fused-ring (bicyclic) bond motifs is 1. The molecule has 1 unspecified atom stereocenters. The van der Waals surface area contributed by atoms with Crippen LogP contribution in [0.4, 0.5) is 5.69 Å². The number of benzene rings is 1. The molecule has 2 aliphatic rings. The SMILES string of the molecule is CC1(C(=O)Nc2cccc(/C(=N\N)c3ccncc3)c2)CCN(CC(=O)N2CCc3ncsc3C2)C1. The van der Waals surface area contributed by atoms with E-state index >= 15 is 0 Å². The Kier molecular flexibility index (Phi) is 6.80. The summed E-state index contributed by atoms with van der Waals surface area (Å²) in [4.78, 5) is 39.8. The lowest BCUT2D eigenvalue weighted by molar-refractivity contribution is -0.133. The van der Waals surface area contributed by atoms with Crippen molar-refractivity contribution in [1.29, 1.82) is 0 Å². The minimum Gasteiger partial charge on any atom is -0.336 e. The number of nitrogens with one attached hydrogen (secondary N) is 1. The maximum atomic E-state index is 13.3. The second-order valence-electron chi connectivity index (χ2n) is 9.56. The van der Waals surface area contributed by atoms with Crippen LogP contribution >= 0.6 is 11.3 Å². The van der Waals surface area contributed by atoms with Crippen molar-refractivity contribution in [2.24, 2.45) is 16.4 Å². The molecule has 2 aliphatic heterocycles. The number of amides is 2. The fraction of sp³-hybridized carbons (Fsp3) is 0.346. The number of hydrogen-bond acceptors (Lipinski definition) is 8. The Balaban J connectivity index is 1.20. The fourth-order valence-corrected chi connectivity index (χ4v) is 5.68. The van der Waals surface area contributed by atoms with Gasteiger partial charge in [0.05, 0.1) is 35.4 Å². The Morgan fingerprint density at radius 3 is 2.83 bits per heavy atom. The molecule has 1 aromatic carbocycles. The molecule has 1 atom stereocenters. The second kappa shape index (κ2) is 10.2. The summed E-state index contributed by atoms with van der Waals surface area (Å²) in [5.74, 6) is 5.73. The molecule has 36 heavy (non-hydrogen) atoms. The van der Waals surface area contributed by atoms with Gasteiger partial charge in [0.15, 0.2) is 0 Å². The molecule has 0 aliphatic carbocycles. The van der Waals surface area contributed by atoms with Gasteiger partial charge in [-0.2, -0.15) is 5.10 Å². The molecular formula is C26H29N7O2S. The topological polar surface area (TPSA) is 117 Å². The van der Waals surface area contributed by atoms with Crippen molar-refractivity contribution in [3.8, 4) is 0 Å². The van der Waals surface area contributed by atoms with Crippen molar-refractivity contribution >= 4 is 34.6 Å². The first kappa shape index (κ1) is 24.1. The van der Waals surface area contributed by atoms with Gasteiger partial charge in [-0.05, 0) is 44.2 Å². The van der Waals surface area contributed by atoms with E-state index in [9.17, 15) is 9.59 Å². The number of thiazole rings is 1. The number of hydrazone groups is 1. The number of rotatable bonds is 6. The third-order valence-corrected chi connectivity index (χ3v) is 7.83. The Labute approximate surface area is 214 Å². The van der Waals surface area contributed by atoms with Gasteiger partial charge in [0, 0.05) is 53.6 Å². The summed E-state index contributed by atoms with van der Waals surface area (Å²) in [6.45, 7) is 4.87. The van der Waals surface area contributed by atoms with Gasteiger partial charge in [-0.15, -0.1) is 11.3 Å². The normalized spacial score (nSPS) is 20.2. The van der Waals surface area contributed by atoms with Crippen molar-refractivity contribution in [3.63, 3.8) is 0 Å². The zero-order valence-corrected chi connectivity index (χ0v) is 21.0. The van der Waals surface area contributed by atoms with Crippen LogP contribution in [0.2, 0.25) is 0 Å². The van der Waals surface area contributed by atoms with E-state index in [1.165, 1.54) is 4.88 Å². The van der Waals surface area contributed by atoms with Crippen molar-refractivity contribution in [2.45, 2.75) is 26.3 Å². The Bertz CT molecular complexity index is 1290. The predicted octanol–water partition coefficient (Wildman–Crippen LogP) is 2.48. The molecule has 0 saturated carbocycles.